The Labute approximate surface area is 188 Å². The molecule has 8 nitrogen and oxygen atoms in total. The monoisotopic (exact) mass is 434 g/mol. The molecule has 2 aromatic rings. The van der Waals surface area contributed by atoms with Crippen molar-refractivity contribution in [3.05, 3.63) is 59.7 Å². The number of hydrogen-bond donors (Lipinski definition) is 2. The number of hydrogen-bond acceptors (Lipinski definition) is 6. The molecule has 0 bridgehead atoms. The number of benzene rings is 1. The van der Waals surface area contributed by atoms with Gasteiger partial charge in [-0.3, -0.25) is 19.5 Å². The quantitative estimate of drug-likeness (QED) is 0.689. The minimum atomic E-state index is -1.00. The van der Waals surface area contributed by atoms with Gasteiger partial charge in [-0.1, -0.05) is 51.1 Å². The summed E-state index contributed by atoms with van der Waals surface area (Å²) in [6.45, 7) is 7.85. The molecule has 2 unspecified atom stereocenters. The summed E-state index contributed by atoms with van der Waals surface area (Å²) < 4.78 is 0. The molecule has 1 saturated heterocycles. The maximum Gasteiger partial charge on any atom is 0.269 e. The van der Waals surface area contributed by atoms with Crippen molar-refractivity contribution in [2.75, 3.05) is 13.1 Å². The Kier molecular flexibility index (Phi) is 6.90. The van der Waals surface area contributed by atoms with Crippen molar-refractivity contribution in [2.24, 2.45) is 11.1 Å². The van der Waals surface area contributed by atoms with Crippen LogP contribution in [-0.2, 0) is 11.3 Å². The van der Waals surface area contributed by atoms with E-state index in [1.54, 1.807) is 0 Å². The minimum Gasteiger partial charge on any atom is -0.364 e. The van der Waals surface area contributed by atoms with Gasteiger partial charge in [0.05, 0.1) is 17.7 Å². The molecular formula is C24H30N6O2. The van der Waals surface area contributed by atoms with E-state index in [1.807, 2.05) is 51.1 Å². The molecule has 1 aliphatic rings. The summed E-state index contributed by atoms with van der Waals surface area (Å²) in [7, 11) is 0. The first kappa shape index (κ1) is 23.4. The normalized spacial score (nSPS) is 19.8. The summed E-state index contributed by atoms with van der Waals surface area (Å²) in [6.07, 6.45) is 3.77. The van der Waals surface area contributed by atoms with Crippen LogP contribution in [0, 0.1) is 16.7 Å². The van der Waals surface area contributed by atoms with Crippen LogP contribution < -0.4 is 11.1 Å². The number of nitrogens with one attached hydrogen (secondary N) is 1. The molecule has 168 valence electrons. The molecule has 8 heteroatoms. The van der Waals surface area contributed by atoms with Gasteiger partial charge in [-0.25, -0.2) is 4.98 Å². The van der Waals surface area contributed by atoms with Crippen LogP contribution in [0.15, 0.2) is 42.7 Å². The molecule has 0 saturated carbocycles. The second kappa shape index (κ2) is 9.45. The number of likely N-dealkylation sites (tertiary alicyclic amines) is 1. The lowest BCUT2D eigenvalue weighted by atomic mass is 9.81. The first-order chi connectivity index (χ1) is 15.1. The maximum atomic E-state index is 13.5. The molecule has 3 N–H and O–H groups in total. The maximum absolute atomic E-state index is 13.5. The largest absolute Gasteiger partial charge is 0.364 e. The summed E-state index contributed by atoms with van der Waals surface area (Å²) >= 11 is 0. The van der Waals surface area contributed by atoms with Crippen molar-refractivity contribution in [3.8, 4) is 6.07 Å². The molecule has 1 fully saturated rings. The highest BCUT2D eigenvalue weighted by Gasteiger charge is 2.42. The summed E-state index contributed by atoms with van der Waals surface area (Å²) in [6, 6.07) is 12.4. The molecule has 1 aromatic carbocycles. The van der Waals surface area contributed by atoms with E-state index in [-0.39, 0.29) is 22.7 Å². The molecule has 2 amide bonds. The van der Waals surface area contributed by atoms with Gasteiger partial charge >= 0.3 is 0 Å². The minimum absolute atomic E-state index is 0.0139. The predicted molar refractivity (Wildman–Crippen MR) is 120 cm³/mol. The van der Waals surface area contributed by atoms with E-state index in [9.17, 15) is 14.9 Å². The van der Waals surface area contributed by atoms with Crippen molar-refractivity contribution in [1.82, 2.24) is 20.2 Å². The van der Waals surface area contributed by atoms with Crippen molar-refractivity contribution >= 4 is 11.8 Å². The van der Waals surface area contributed by atoms with Gasteiger partial charge < -0.3 is 11.1 Å². The fourth-order valence-electron chi connectivity index (χ4n) is 4.13. The van der Waals surface area contributed by atoms with Gasteiger partial charge in [0, 0.05) is 32.0 Å². The number of rotatable bonds is 7. The highest BCUT2D eigenvalue weighted by Crippen LogP contribution is 2.33. The van der Waals surface area contributed by atoms with Gasteiger partial charge in [-0.2, -0.15) is 5.26 Å². The number of carbonyl (C=O) groups excluding carboxylic acids is 2. The Balaban J connectivity index is 1.82. The van der Waals surface area contributed by atoms with Crippen LogP contribution in [0.1, 0.15) is 61.3 Å². The average Bonchev–Trinajstić information content (AvgIpc) is 3.15. The Morgan fingerprint density at radius 1 is 1.25 bits per heavy atom. The lowest BCUT2D eigenvalue weighted by Crippen LogP contribution is -2.51. The van der Waals surface area contributed by atoms with Crippen molar-refractivity contribution in [3.63, 3.8) is 0 Å². The number of carbonyl (C=O) groups is 2. The molecule has 2 heterocycles. The first-order valence-corrected chi connectivity index (χ1v) is 10.7. The number of primary amides is 1. The van der Waals surface area contributed by atoms with Gasteiger partial charge in [0.15, 0.2) is 0 Å². The molecule has 0 spiro atoms. The van der Waals surface area contributed by atoms with Gasteiger partial charge in [0.25, 0.3) is 5.91 Å². The van der Waals surface area contributed by atoms with E-state index >= 15 is 0 Å². The fraction of sp³-hybridized carbons (Fsp3) is 0.458. The van der Waals surface area contributed by atoms with E-state index in [0.717, 1.165) is 5.56 Å². The zero-order valence-electron chi connectivity index (χ0n) is 18.8. The standard InChI is InChI=1S/C24H30N6O2/c1-23(2,3)13-18(19-20(21(26)31)28-11-10-27-19)22(32)29-24(15-25)9-12-30(16-24)14-17-7-5-4-6-8-17/h4-8,10-11,18H,9,12-14,16H2,1-3H3,(H2,26,31)(H,29,32). The molecule has 2 atom stereocenters. The second-order valence-electron chi connectivity index (χ2n) is 9.60. The molecule has 3 rings (SSSR count). The Hall–Kier alpha value is -3.31. The molecule has 0 aliphatic carbocycles. The topological polar surface area (TPSA) is 125 Å². The molecule has 0 radical (unpaired) electrons. The Morgan fingerprint density at radius 2 is 1.94 bits per heavy atom. The highest BCUT2D eigenvalue weighted by atomic mass is 16.2. The van der Waals surface area contributed by atoms with Crippen molar-refractivity contribution < 1.29 is 9.59 Å². The van der Waals surface area contributed by atoms with E-state index in [2.05, 4.69) is 26.3 Å². The third-order valence-corrected chi connectivity index (χ3v) is 5.60. The second-order valence-corrected chi connectivity index (χ2v) is 9.60. The molecule has 1 aromatic heterocycles. The molecule has 1 aliphatic heterocycles. The zero-order chi connectivity index (χ0) is 23.4. The van der Waals surface area contributed by atoms with E-state index < -0.39 is 17.4 Å². The molecular weight excluding hydrogens is 404 g/mol. The van der Waals surface area contributed by atoms with Crippen molar-refractivity contribution in [1.29, 1.82) is 5.26 Å². The highest BCUT2D eigenvalue weighted by molar-refractivity contribution is 5.94. The summed E-state index contributed by atoms with van der Waals surface area (Å²) in [5.41, 5.74) is 5.65. The predicted octanol–water partition coefficient (Wildman–Crippen LogP) is 2.38. The van der Waals surface area contributed by atoms with Gasteiger partial charge in [-0.15, -0.1) is 0 Å². The van der Waals surface area contributed by atoms with Crippen LogP contribution in [-0.4, -0.2) is 45.3 Å². The number of nitriles is 1. The van der Waals surface area contributed by atoms with E-state index in [4.69, 9.17) is 5.73 Å². The lowest BCUT2D eigenvalue weighted by molar-refractivity contribution is -0.124. The van der Waals surface area contributed by atoms with Crippen LogP contribution in [0.3, 0.4) is 0 Å². The average molecular weight is 435 g/mol. The third-order valence-electron chi connectivity index (χ3n) is 5.60. The number of aromatic nitrogens is 2. The van der Waals surface area contributed by atoms with Crippen LogP contribution in [0.4, 0.5) is 0 Å². The fourth-order valence-corrected chi connectivity index (χ4v) is 4.13. The van der Waals surface area contributed by atoms with Crippen LogP contribution in [0.5, 0.6) is 0 Å². The van der Waals surface area contributed by atoms with E-state index in [0.29, 0.717) is 32.5 Å². The summed E-state index contributed by atoms with van der Waals surface area (Å²) in [4.78, 5) is 35.9. The summed E-state index contributed by atoms with van der Waals surface area (Å²) in [5.74, 6) is -1.82. The van der Waals surface area contributed by atoms with Gasteiger partial charge in [0.1, 0.15) is 11.2 Å². The lowest BCUT2D eigenvalue weighted by Gasteiger charge is -2.29. The summed E-state index contributed by atoms with van der Waals surface area (Å²) in [5, 5.41) is 13.0. The number of nitrogens with two attached hydrogens (primary N) is 1. The van der Waals surface area contributed by atoms with Crippen LogP contribution >= 0.6 is 0 Å². The van der Waals surface area contributed by atoms with Crippen LogP contribution in [0.25, 0.3) is 0 Å². The first-order valence-electron chi connectivity index (χ1n) is 10.7. The Bertz CT molecular complexity index is 1010. The Morgan fingerprint density at radius 3 is 2.56 bits per heavy atom. The smallest absolute Gasteiger partial charge is 0.269 e. The molecule has 32 heavy (non-hydrogen) atoms. The zero-order valence-corrected chi connectivity index (χ0v) is 18.8. The SMILES string of the molecule is CC(C)(C)CC(C(=O)NC1(C#N)CCN(Cc2ccccc2)C1)c1nccnc1C(N)=O. The van der Waals surface area contributed by atoms with Crippen molar-refractivity contribution in [2.45, 2.75) is 51.6 Å². The number of nitrogens with zero attached hydrogens (tertiary/aromatic N) is 4. The number of amides is 2. The van der Waals surface area contributed by atoms with E-state index in [1.165, 1.54) is 12.4 Å². The van der Waals surface area contributed by atoms with Gasteiger partial charge in [-0.05, 0) is 23.8 Å². The third kappa shape index (κ3) is 5.68. The van der Waals surface area contributed by atoms with Gasteiger partial charge in [0.2, 0.25) is 5.91 Å². The van der Waals surface area contributed by atoms with Crippen LogP contribution in [0.2, 0.25) is 0 Å².